The van der Waals surface area contributed by atoms with Crippen molar-refractivity contribution in [3.05, 3.63) is 35.0 Å². The smallest absolute Gasteiger partial charge is 0.340 e. The molecule has 3 aliphatic heterocycles. The fourth-order valence-electron chi connectivity index (χ4n) is 8.07. The van der Waals surface area contributed by atoms with E-state index < -0.39 is 21.8 Å². The van der Waals surface area contributed by atoms with Crippen molar-refractivity contribution in [2.45, 2.75) is 101 Å². The summed E-state index contributed by atoms with van der Waals surface area (Å²) in [5.41, 5.74) is 2.22. The van der Waals surface area contributed by atoms with Crippen LogP contribution in [0.5, 0.6) is 0 Å². The van der Waals surface area contributed by atoms with Gasteiger partial charge in [-0.3, -0.25) is 9.48 Å². The molecule has 0 bridgehead atoms. The number of halogens is 3. The molecule has 272 valence electrons. The van der Waals surface area contributed by atoms with Crippen LogP contribution in [0, 0.1) is 5.92 Å². The molecule has 0 atom stereocenters. The molecule has 6 rings (SSSR count). The Morgan fingerprint density at radius 2 is 1.76 bits per heavy atom. The number of hydrogen-bond donors (Lipinski definition) is 1. The quantitative estimate of drug-likeness (QED) is 0.212. The van der Waals surface area contributed by atoms with Gasteiger partial charge in [0.05, 0.1) is 17.5 Å². The fourth-order valence-corrected chi connectivity index (χ4v) is 9.88. The maximum absolute atomic E-state index is 14.1. The van der Waals surface area contributed by atoms with Gasteiger partial charge >= 0.3 is 6.18 Å². The fraction of sp³-hybridized carbons (Fsp3) is 0.714. The summed E-state index contributed by atoms with van der Waals surface area (Å²) in [6, 6.07) is 4.57. The van der Waals surface area contributed by atoms with Crippen molar-refractivity contribution in [1.82, 2.24) is 29.2 Å². The van der Waals surface area contributed by atoms with E-state index in [0.29, 0.717) is 61.4 Å². The van der Waals surface area contributed by atoms with Gasteiger partial charge in [0.15, 0.2) is 0 Å². The molecule has 1 aliphatic carbocycles. The van der Waals surface area contributed by atoms with Crippen LogP contribution in [0.1, 0.15) is 81.0 Å². The first kappa shape index (κ1) is 36.7. The highest BCUT2D eigenvalue weighted by molar-refractivity contribution is 7.99. The SMILES string of the molecule is CS(=O)(=O)N1CCc2c(c(-c3ccc(C(F)(F)F)c(SCCNCC4CCCCC4)c3)nn2CCCN2CCC(N3CCCC3=O)CC2)C1. The van der Waals surface area contributed by atoms with Crippen LogP contribution in [0.2, 0.25) is 0 Å². The number of nitrogens with zero attached hydrogens (tertiary/aromatic N) is 5. The normalized spacial score (nSPS) is 20.7. The summed E-state index contributed by atoms with van der Waals surface area (Å²) >= 11 is 1.21. The minimum absolute atomic E-state index is 0.154. The number of thioether (sulfide) groups is 1. The Labute approximate surface area is 293 Å². The minimum Gasteiger partial charge on any atom is -0.340 e. The number of amides is 1. The number of carbonyl (C=O) groups is 1. The molecule has 1 saturated carbocycles. The molecule has 3 fully saturated rings. The molecule has 4 heterocycles. The van der Waals surface area contributed by atoms with E-state index in [1.54, 1.807) is 6.07 Å². The molecule has 0 spiro atoms. The van der Waals surface area contributed by atoms with E-state index in [1.165, 1.54) is 60.5 Å². The van der Waals surface area contributed by atoms with E-state index in [2.05, 4.69) is 15.1 Å². The van der Waals surface area contributed by atoms with E-state index in [4.69, 9.17) is 5.10 Å². The largest absolute Gasteiger partial charge is 0.417 e. The van der Waals surface area contributed by atoms with Crippen molar-refractivity contribution >= 4 is 27.7 Å². The number of carbonyl (C=O) groups excluding carboxylic acids is 1. The molecule has 2 saturated heterocycles. The Hall–Kier alpha value is -2.13. The molecule has 0 unspecified atom stereocenters. The lowest BCUT2D eigenvalue weighted by molar-refractivity contribution is -0.139. The number of aromatic nitrogens is 2. The van der Waals surface area contributed by atoms with Crippen molar-refractivity contribution in [2.24, 2.45) is 5.92 Å². The monoisotopic (exact) mass is 724 g/mol. The van der Waals surface area contributed by atoms with Gasteiger partial charge in [0, 0.05) is 92.2 Å². The molecular weight excluding hydrogens is 674 g/mol. The van der Waals surface area contributed by atoms with Crippen molar-refractivity contribution < 1.29 is 26.4 Å². The highest BCUT2D eigenvalue weighted by Crippen LogP contribution is 2.40. The van der Waals surface area contributed by atoms with Crippen molar-refractivity contribution in [3.8, 4) is 11.3 Å². The molecule has 14 heteroatoms. The van der Waals surface area contributed by atoms with E-state index in [0.717, 1.165) is 75.7 Å². The number of nitrogens with one attached hydrogen (secondary N) is 1. The zero-order chi connectivity index (χ0) is 34.6. The summed E-state index contributed by atoms with van der Waals surface area (Å²) in [5, 5.41) is 8.41. The second kappa shape index (κ2) is 16.0. The summed E-state index contributed by atoms with van der Waals surface area (Å²) in [4.78, 5) is 16.9. The zero-order valence-corrected chi connectivity index (χ0v) is 30.3. The van der Waals surface area contributed by atoms with Crippen LogP contribution in [0.15, 0.2) is 23.1 Å². The average molecular weight is 725 g/mol. The number of piperidine rings is 1. The first-order valence-corrected chi connectivity index (χ1v) is 20.9. The summed E-state index contributed by atoms with van der Waals surface area (Å²) in [6.07, 6.45) is 7.89. The van der Waals surface area contributed by atoms with Gasteiger partial charge in [-0.1, -0.05) is 25.3 Å². The van der Waals surface area contributed by atoms with Gasteiger partial charge in [0.1, 0.15) is 0 Å². The van der Waals surface area contributed by atoms with E-state index in [9.17, 15) is 26.4 Å². The van der Waals surface area contributed by atoms with Crippen molar-refractivity contribution in [3.63, 3.8) is 0 Å². The third-order valence-electron chi connectivity index (χ3n) is 10.8. The maximum Gasteiger partial charge on any atom is 0.417 e. The number of alkyl halides is 3. The summed E-state index contributed by atoms with van der Waals surface area (Å²) < 4.78 is 70.9. The van der Waals surface area contributed by atoms with E-state index in [1.807, 2.05) is 4.68 Å². The highest BCUT2D eigenvalue weighted by atomic mass is 32.2. The second-order valence-corrected chi connectivity index (χ2v) is 17.3. The lowest BCUT2D eigenvalue weighted by Gasteiger charge is -2.36. The van der Waals surface area contributed by atoms with Gasteiger partial charge in [-0.05, 0) is 69.7 Å². The molecule has 4 aliphatic rings. The van der Waals surface area contributed by atoms with Crippen LogP contribution in [0.3, 0.4) is 0 Å². The van der Waals surface area contributed by atoms with Crippen LogP contribution >= 0.6 is 11.8 Å². The number of benzene rings is 1. The van der Waals surface area contributed by atoms with Gasteiger partial charge < -0.3 is 15.1 Å². The number of fused-ring (bicyclic) bond motifs is 1. The van der Waals surface area contributed by atoms with Gasteiger partial charge in [0.2, 0.25) is 15.9 Å². The Morgan fingerprint density at radius 3 is 2.45 bits per heavy atom. The Kier molecular flexibility index (Phi) is 12.0. The van der Waals surface area contributed by atoms with Crippen molar-refractivity contribution in [1.29, 1.82) is 0 Å². The molecule has 1 N–H and O–H groups in total. The predicted octanol–water partition coefficient (Wildman–Crippen LogP) is 5.63. The number of hydrogen-bond acceptors (Lipinski definition) is 7. The first-order valence-electron chi connectivity index (χ1n) is 18.1. The van der Waals surface area contributed by atoms with Gasteiger partial charge in [-0.25, -0.2) is 8.42 Å². The molecule has 1 aromatic heterocycles. The van der Waals surface area contributed by atoms with Crippen LogP contribution < -0.4 is 5.32 Å². The molecule has 0 radical (unpaired) electrons. The number of aryl methyl sites for hydroxylation is 1. The molecule has 1 aromatic carbocycles. The van der Waals surface area contributed by atoms with E-state index >= 15 is 0 Å². The lowest BCUT2D eigenvalue weighted by atomic mass is 9.89. The van der Waals surface area contributed by atoms with Crippen LogP contribution in [-0.4, -0.2) is 102 Å². The van der Waals surface area contributed by atoms with Gasteiger partial charge in [-0.2, -0.15) is 22.6 Å². The second-order valence-electron chi connectivity index (χ2n) is 14.2. The van der Waals surface area contributed by atoms with Gasteiger partial charge in [0.25, 0.3) is 0 Å². The predicted molar refractivity (Wildman–Crippen MR) is 187 cm³/mol. The standard InChI is InChI=1S/C35H51F3N6O3S2/c1-49(46,47)42-21-14-31-29(25-42)34(40-44(31)18-6-16-41-19-12-28(13-20-41)43-17-5-9-33(43)45)27-10-11-30(35(36,37)38)32(23-27)48-22-15-39-24-26-7-3-2-4-8-26/h10-11,23,26,28,39H,2-9,12-22,24-25H2,1H3. The van der Waals surface area contributed by atoms with Crippen LogP contribution in [-0.2, 0) is 40.5 Å². The Balaban J connectivity index is 1.15. The molecule has 1 amide bonds. The zero-order valence-electron chi connectivity index (χ0n) is 28.6. The topological polar surface area (TPSA) is 90.8 Å². The number of rotatable bonds is 13. The Bertz CT molecular complexity index is 1550. The molecular formula is C35H51F3N6O3S2. The number of likely N-dealkylation sites (tertiary alicyclic amines) is 2. The first-order chi connectivity index (χ1) is 23.5. The third kappa shape index (κ3) is 9.22. The lowest BCUT2D eigenvalue weighted by Crippen LogP contribution is -2.45. The van der Waals surface area contributed by atoms with E-state index in [-0.39, 0.29) is 17.3 Å². The average Bonchev–Trinajstić information content (AvgIpc) is 3.67. The Morgan fingerprint density at radius 1 is 0.980 bits per heavy atom. The van der Waals surface area contributed by atoms with Crippen LogP contribution in [0.4, 0.5) is 13.2 Å². The number of sulfonamides is 1. The maximum atomic E-state index is 14.1. The summed E-state index contributed by atoms with van der Waals surface area (Å²) in [5.74, 6) is 1.45. The molecule has 9 nitrogen and oxygen atoms in total. The highest BCUT2D eigenvalue weighted by Gasteiger charge is 2.35. The van der Waals surface area contributed by atoms with Crippen LogP contribution in [0.25, 0.3) is 11.3 Å². The van der Waals surface area contributed by atoms with Gasteiger partial charge in [-0.15, -0.1) is 11.8 Å². The minimum atomic E-state index is -4.49. The summed E-state index contributed by atoms with van der Waals surface area (Å²) in [6.45, 7) is 6.34. The molecule has 49 heavy (non-hydrogen) atoms. The summed E-state index contributed by atoms with van der Waals surface area (Å²) in [7, 11) is -3.46. The molecule has 2 aromatic rings. The van der Waals surface area contributed by atoms with Crippen molar-refractivity contribution in [2.75, 3.05) is 57.8 Å². The third-order valence-corrected chi connectivity index (χ3v) is 13.1.